The third-order valence-corrected chi connectivity index (χ3v) is 2.93. The van der Waals surface area contributed by atoms with Gasteiger partial charge in [-0.1, -0.05) is 12.1 Å². The van der Waals surface area contributed by atoms with E-state index < -0.39 is 0 Å². The maximum absolute atomic E-state index is 9.35. The average molecular weight is 231 g/mol. The molecule has 0 heterocycles. The minimum absolute atomic E-state index is 0.269. The summed E-state index contributed by atoms with van der Waals surface area (Å²) in [6.07, 6.45) is 2.05. The normalized spacial score (nSPS) is 10.1. The van der Waals surface area contributed by atoms with Gasteiger partial charge in [-0.05, 0) is 36.6 Å². The lowest BCUT2D eigenvalue weighted by Gasteiger charge is -2.07. The Kier molecular flexibility index (Phi) is 3.37. The van der Waals surface area contributed by atoms with Gasteiger partial charge in [0, 0.05) is 22.3 Å². The highest BCUT2D eigenvalue weighted by Gasteiger charge is 1.97. The van der Waals surface area contributed by atoms with Crippen molar-refractivity contribution >= 4 is 23.1 Å². The molecular formula is C13H13NOS. The van der Waals surface area contributed by atoms with Crippen LogP contribution in [0.2, 0.25) is 0 Å². The van der Waals surface area contributed by atoms with E-state index >= 15 is 0 Å². The number of hydrogen-bond donors (Lipinski definition) is 2. The molecule has 0 aromatic heterocycles. The maximum atomic E-state index is 9.35. The SMILES string of the molecule is CSc1cccc(Nc2cccc(O)c2)c1. The molecule has 2 aromatic rings. The first-order valence-corrected chi connectivity index (χ1v) is 6.20. The van der Waals surface area contributed by atoms with E-state index in [9.17, 15) is 5.11 Å². The minimum Gasteiger partial charge on any atom is -0.508 e. The van der Waals surface area contributed by atoms with Crippen LogP contribution < -0.4 is 5.32 Å². The summed E-state index contributed by atoms with van der Waals surface area (Å²) in [7, 11) is 0. The van der Waals surface area contributed by atoms with Crippen LogP contribution in [0.5, 0.6) is 5.75 Å². The van der Waals surface area contributed by atoms with Crippen LogP contribution in [0, 0.1) is 0 Å². The zero-order valence-electron chi connectivity index (χ0n) is 8.97. The number of thioether (sulfide) groups is 1. The van der Waals surface area contributed by atoms with Gasteiger partial charge >= 0.3 is 0 Å². The molecule has 0 aliphatic carbocycles. The van der Waals surface area contributed by atoms with Crippen molar-refractivity contribution < 1.29 is 5.11 Å². The number of phenols is 1. The summed E-state index contributed by atoms with van der Waals surface area (Å²) in [5, 5.41) is 12.6. The monoisotopic (exact) mass is 231 g/mol. The van der Waals surface area contributed by atoms with Crippen LogP contribution in [0.25, 0.3) is 0 Å². The molecule has 0 bridgehead atoms. The lowest BCUT2D eigenvalue weighted by atomic mass is 10.2. The third kappa shape index (κ3) is 2.70. The second-order valence-electron chi connectivity index (χ2n) is 3.41. The van der Waals surface area contributed by atoms with Crippen LogP contribution in [0.3, 0.4) is 0 Å². The van der Waals surface area contributed by atoms with Crippen LogP contribution in [0.4, 0.5) is 11.4 Å². The van der Waals surface area contributed by atoms with Gasteiger partial charge in [0.25, 0.3) is 0 Å². The summed E-state index contributed by atoms with van der Waals surface area (Å²) in [6.45, 7) is 0. The van der Waals surface area contributed by atoms with Gasteiger partial charge in [0.2, 0.25) is 0 Å². The van der Waals surface area contributed by atoms with Crippen LogP contribution >= 0.6 is 11.8 Å². The van der Waals surface area contributed by atoms with Crippen molar-refractivity contribution in [1.29, 1.82) is 0 Å². The van der Waals surface area contributed by atoms with Crippen molar-refractivity contribution in [2.24, 2.45) is 0 Å². The minimum atomic E-state index is 0.269. The smallest absolute Gasteiger partial charge is 0.117 e. The largest absolute Gasteiger partial charge is 0.508 e. The van der Waals surface area contributed by atoms with Gasteiger partial charge in [0.05, 0.1) is 0 Å². The summed E-state index contributed by atoms with van der Waals surface area (Å²) in [4.78, 5) is 1.21. The Labute approximate surface area is 99.3 Å². The summed E-state index contributed by atoms with van der Waals surface area (Å²) in [5.74, 6) is 0.269. The second kappa shape index (κ2) is 4.94. The first kappa shape index (κ1) is 10.9. The zero-order chi connectivity index (χ0) is 11.4. The number of hydrogen-bond acceptors (Lipinski definition) is 3. The maximum Gasteiger partial charge on any atom is 0.117 e. The summed E-state index contributed by atoms with van der Waals surface area (Å²) < 4.78 is 0. The van der Waals surface area contributed by atoms with E-state index in [0.717, 1.165) is 11.4 Å². The van der Waals surface area contributed by atoms with Crippen molar-refractivity contribution in [2.45, 2.75) is 4.90 Å². The van der Waals surface area contributed by atoms with Crippen LogP contribution in [0.1, 0.15) is 0 Å². The van der Waals surface area contributed by atoms with Crippen molar-refractivity contribution in [3.05, 3.63) is 48.5 Å². The predicted octanol–water partition coefficient (Wildman–Crippen LogP) is 3.86. The Morgan fingerprint density at radius 2 is 1.69 bits per heavy atom. The number of nitrogens with one attached hydrogen (secondary N) is 1. The molecule has 2 aromatic carbocycles. The highest BCUT2D eigenvalue weighted by atomic mass is 32.2. The molecule has 0 spiro atoms. The molecule has 0 saturated carbocycles. The van der Waals surface area contributed by atoms with E-state index in [-0.39, 0.29) is 5.75 Å². The van der Waals surface area contributed by atoms with E-state index in [4.69, 9.17) is 0 Å². The van der Waals surface area contributed by atoms with E-state index in [2.05, 4.69) is 17.4 Å². The highest BCUT2D eigenvalue weighted by molar-refractivity contribution is 7.98. The van der Waals surface area contributed by atoms with E-state index in [1.807, 2.05) is 30.5 Å². The number of benzene rings is 2. The van der Waals surface area contributed by atoms with E-state index in [0.29, 0.717) is 0 Å². The fourth-order valence-corrected chi connectivity index (χ4v) is 1.91. The number of aromatic hydroxyl groups is 1. The first-order chi connectivity index (χ1) is 7.78. The molecule has 0 aliphatic rings. The standard InChI is InChI=1S/C13H13NOS/c1-16-13-7-3-5-11(9-13)14-10-4-2-6-12(15)8-10/h2-9,14-15H,1H3. The van der Waals surface area contributed by atoms with Crippen LogP contribution in [-0.4, -0.2) is 11.4 Å². The summed E-state index contributed by atoms with van der Waals surface area (Å²) in [5.41, 5.74) is 1.91. The molecule has 2 nitrogen and oxygen atoms in total. The third-order valence-electron chi connectivity index (χ3n) is 2.20. The molecule has 82 valence electrons. The Balaban J connectivity index is 2.20. The number of rotatable bonds is 3. The molecule has 2 rings (SSSR count). The quantitative estimate of drug-likeness (QED) is 0.787. The number of phenolic OH excluding ortho intramolecular Hbond substituents is 1. The molecule has 0 radical (unpaired) electrons. The van der Waals surface area contributed by atoms with Gasteiger partial charge in [0.15, 0.2) is 0 Å². The van der Waals surface area contributed by atoms with Gasteiger partial charge in [-0.2, -0.15) is 0 Å². The van der Waals surface area contributed by atoms with Gasteiger partial charge in [-0.3, -0.25) is 0 Å². The highest BCUT2D eigenvalue weighted by Crippen LogP contribution is 2.23. The topological polar surface area (TPSA) is 32.3 Å². The molecule has 0 amide bonds. The fraction of sp³-hybridized carbons (Fsp3) is 0.0769. The van der Waals surface area contributed by atoms with Gasteiger partial charge in [0.1, 0.15) is 5.75 Å². The van der Waals surface area contributed by atoms with E-state index in [1.54, 1.807) is 23.9 Å². The predicted molar refractivity (Wildman–Crippen MR) is 69.6 cm³/mol. The molecule has 0 unspecified atom stereocenters. The summed E-state index contributed by atoms with van der Waals surface area (Å²) >= 11 is 1.71. The van der Waals surface area contributed by atoms with Crippen molar-refractivity contribution in [3.8, 4) is 5.75 Å². The lowest BCUT2D eigenvalue weighted by molar-refractivity contribution is 0.475. The van der Waals surface area contributed by atoms with Crippen LogP contribution in [-0.2, 0) is 0 Å². The van der Waals surface area contributed by atoms with E-state index in [1.165, 1.54) is 4.90 Å². The molecule has 2 N–H and O–H groups in total. The Hall–Kier alpha value is -1.61. The van der Waals surface area contributed by atoms with Gasteiger partial charge in [-0.25, -0.2) is 0 Å². The Morgan fingerprint density at radius 1 is 1.00 bits per heavy atom. The molecule has 0 fully saturated rings. The molecular weight excluding hydrogens is 218 g/mol. The average Bonchev–Trinajstić information content (AvgIpc) is 2.29. The summed E-state index contributed by atoms with van der Waals surface area (Å²) in [6, 6.07) is 15.3. The fourth-order valence-electron chi connectivity index (χ4n) is 1.45. The van der Waals surface area contributed by atoms with Gasteiger partial charge in [-0.15, -0.1) is 11.8 Å². The second-order valence-corrected chi connectivity index (χ2v) is 4.29. The number of anilines is 2. The Bertz CT molecular complexity index is 485. The van der Waals surface area contributed by atoms with Gasteiger partial charge < -0.3 is 10.4 Å². The zero-order valence-corrected chi connectivity index (χ0v) is 9.79. The Morgan fingerprint density at radius 3 is 2.38 bits per heavy atom. The van der Waals surface area contributed by atoms with Crippen molar-refractivity contribution in [1.82, 2.24) is 0 Å². The van der Waals surface area contributed by atoms with Crippen molar-refractivity contribution in [3.63, 3.8) is 0 Å². The molecule has 0 saturated heterocycles. The molecule has 3 heteroatoms. The van der Waals surface area contributed by atoms with Crippen LogP contribution in [0.15, 0.2) is 53.4 Å². The first-order valence-electron chi connectivity index (χ1n) is 4.98. The lowest BCUT2D eigenvalue weighted by Crippen LogP contribution is -1.89. The molecule has 0 aliphatic heterocycles. The molecule has 0 atom stereocenters. The van der Waals surface area contributed by atoms with Crippen molar-refractivity contribution in [2.75, 3.05) is 11.6 Å². The molecule has 16 heavy (non-hydrogen) atoms.